The van der Waals surface area contributed by atoms with E-state index in [-0.39, 0.29) is 11.4 Å². The molecule has 0 radical (unpaired) electrons. The number of halogens is 1. The monoisotopic (exact) mass is 225 g/mol. The van der Waals surface area contributed by atoms with Crippen LogP contribution in [0.5, 0.6) is 0 Å². The van der Waals surface area contributed by atoms with Gasteiger partial charge in [-0.3, -0.25) is 0 Å². The van der Waals surface area contributed by atoms with Gasteiger partial charge < -0.3 is 10.1 Å². The molecular weight excluding hydrogens is 205 g/mol. The van der Waals surface area contributed by atoms with Gasteiger partial charge in [-0.05, 0) is 26.8 Å². The van der Waals surface area contributed by atoms with Crippen LogP contribution in [-0.4, -0.2) is 19.3 Å². The Labute approximate surface area is 96.8 Å². The molecule has 0 unspecified atom stereocenters. The molecule has 16 heavy (non-hydrogen) atoms. The lowest BCUT2D eigenvalue weighted by molar-refractivity contribution is 0.127. The molecule has 1 aromatic rings. The summed E-state index contributed by atoms with van der Waals surface area (Å²) in [7, 11) is 1.66. The molecule has 0 aliphatic heterocycles. The Morgan fingerprint density at radius 2 is 2.06 bits per heavy atom. The summed E-state index contributed by atoms with van der Waals surface area (Å²) in [6, 6.07) is 5.15. The van der Waals surface area contributed by atoms with E-state index in [2.05, 4.69) is 5.32 Å². The van der Waals surface area contributed by atoms with Crippen molar-refractivity contribution < 1.29 is 9.13 Å². The van der Waals surface area contributed by atoms with Crippen LogP contribution in [0.15, 0.2) is 18.2 Å². The van der Waals surface area contributed by atoms with Gasteiger partial charge in [0.25, 0.3) is 0 Å². The third-order valence-electron chi connectivity index (χ3n) is 2.46. The van der Waals surface area contributed by atoms with E-state index in [1.54, 1.807) is 13.2 Å². The molecule has 0 saturated heterocycles. The molecule has 0 heterocycles. The zero-order valence-electron chi connectivity index (χ0n) is 10.4. The van der Waals surface area contributed by atoms with Crippen molar-refractivity contribution in [3.8, 4) is 0 Å². The molecule has 1 aromatic carbocycles. The number of hydrogen-bond donors (Lipinski definition) is 1. The minimum Gasteiger partial charge on any atom is -0.383 e. The quantitative estimate of drug-likeness (QED) is 0.831. The second kappa shape index (κ2) is 5.41. The molecule has 0 saturated carbocycles. The lowest BCUT2D eigenvalue weighted by atomic mass is 10.1. The highest BCUT2D eigenvalue weighted by atomic mass is 19.1. The van der Waals surface area contributed by atoms with Gasteiger partial charge in [-0.1, -0.05) is 17.7 Å². The Morgan fingerprint density at radius 3 is 2.69 bits per heavy atom. The van der Waals surface area contributed by atoms with Crippen LogP contribution in [0.1, 0.15) is 25.0 Å². The van der Waals surface area contributed by atoms with E-state index in [0.29, 0.717) is 18.7 Å². The van der Waals surface area contributed by atoms with Crippen LogP contribution in [0, 0.1) is 12.7 Å². The largest absolute Gasteiger partial charge is 0.383 e. The lowest BCUT2D eigenvalue weighted by Gasteiger charge is -2.25. The molecule has 1 N–H and O–H groups in total. The van der Waals surface area contributed by atoms with Crippen LogP contribution in [0.4, 0.5) is 4.39 Å². The van der Waals surface area contributed by atoms with E-state index in [9.17, 15) is 4.39 Å². The fourth-order valence-corrected chi connectivity index (χ4v) is 1.59. The number of nitrogens with one attached hydrogen (secondary N) is 1. The van der Waals surface area contributed by atoms with Gasteiger partial charge in [0.1, 0.15) is 5.82 Å². The standard InChI is InChI=1S/C13H20FNO/c1-10-5-6-12(14)11(7-10)8-15-13(2,3)9-16-4/h5-7,15H,8-9H2,1-4H3. The van der Waals surface area contributed by atoms with Crippen LogP contribution in [0.3, 0.4) is 0 Å². The number of aryl methyl sites for hydroxylation is 1. The fraction of sp³-hybridized carbons (Fsp3) is 0.538. The van der Waals surface area contributed by atoms with Gasteiger partial charge in [-0.25, -0.2) is 4.39 Å². The molecule has 0 aromatic heterocycles. The minimum absolute atomic E-state index is 0.148. The summed E-state index contributed by atoms with van der Waals surface area (Å²) >= 11 is 0. The predicted molar refractivity (Wildman–Crippen MR) is 63.9 cm³/mol. The SMILES string of the molecule is COCC(C)(C)NCc1cc(C)ccc1F. The van der Waals surface area contributed by atoms with Gasteiger partial charge in [0.2, 0.25) is 0 Å². The van der Waals surface area contributed by atoms with Crippen molar-refractivity contribution in [3.05, 3.63) is 35.1 Å². The lowest BCUT2D eigenvalue weighted by Crippen LogP contribution is -2.42. The number of rotatable bonds is 5. The van der Waals surface area contributed by atoms with E-state index in [1.807, 2.05) is 26.8 Å². The molecule has 3 heteroatoms. The van der Waals surface area contributed by atoms with Gasteiger partial charge in [-0.15, -0.1) is 0 Å². The minimum atomic E-state index is -0.161. The number of ether oxygens (including phenoxy) is 1. The third kappa shape index (κ3) is 3.91. The number of benzene rings is 1. The number of hydrogen-bond acceptors (Lipinski definition) is 2. The van der Waals surface area contributed by atoms with Gasteiger partial charge in [-0.2, -0.15) is 0 Å². The molecular formula is C13H20FNO. The van der Waals surface area contributed by atoms with Gasteiger partial charge in [0.15, 0.2) is 0 Å². The maximum Gasteiger partial charge on any atom is 0.127 e. The zero-order chi connectivity index (χ0) is 12.2. The molecule has 0 bridgehead atoms. The molecule has 0 atom stereocenters. The molecule has 90 valence electrons. The zero-order valence-corrected chi connectivity index (χ0v) is 10.4. The van der Waals surface area contributed by atoms with Crippen molar-refractivity contribution in [3.63, 3.8) is 0 Å². The average Bonchev–Trinajstić information content (AvgIpc) is 2.19. The van der Waals surface area contributed by atoms with Crippen LogP contribution in [0.25, 0.3) is 0 Å². The number of methoxy groups -OCH3 is 1. The van der Waals surface area contributed by atoms with Gasteiger partial charge >= 0.3 is 0 Å². The summed E-state index contributed by atoms with van der Waals surface area (Å²) < 4.78 is 18.6. The smallest absolute Gasteiger partial charge is 0.127 e. The first-order chi connectivity index (χ1) is 7.44. The van der Waals surface area contributed by atoms with Crippen LogP contribution in [0.2, 0.25) is 0 Å². The molecule has 0 amide bonds. The summed E-state index contributed by atoms with van der Waals surface area (Å²) in [6.45, 7) is 7.14. The Balaban J connectivity index is 2.63. The summed E-state index contributed by atoms with van der Waals surface area (Å²) in [6.07, 6.45) is 0. The van der Waals surface area contributed by atoms with Crippen molar-refractivity contribution in [2.24, 2.45) is 0 Å². The Bertz CT molecular complexity index is 350. The highest BCUT2D eigenvalue weighted by Crippen LogP contribution is 2.11. The van der Waals surface area contributed by atoms with Crippen LogP contribution >= 0.6 is 0 Å². The molecule has 0 spiro atoms. The van der Waals surface area contributed by atoms with Crippen molar-refractivity contribution >= 4 is 0 Å². The molecule has 0 aliphatic carbocycles. The Hall–Kier alpha value is -0.930. The van der Waals surface area contributed by atoms with E-state index < -0.39 is 0 Å². The predicted octanol–water partition coefficient (Wildman–Crippen LogP) is 2.65. The maximum absolute atomic E-state index is 13.5. The van der Waals surface area contributed by atoms with Gasteiger partial charge in [0.05, 0.1) is 6.61 Å². The fourth-order valence-electron chi connectivity index (χ4n) is 1.59. The Kier molecular flexibility index (Phi) is 4.44. The van der Waals surface area contributed by atoms with E-state index >= 15 is 0 Å². The van der Waals surface area contributed by atoms with E-state index in [0.717, 1.165) is 5.56 Å². The first-order valence-corrected chi connectivity index (χ1v) is 5.43. The summed E-state index contributed by atoms with van der Waals surface area (Å²) in [5.74, 6) is -0.161. The second-order valence-electron chi connectivity index (χ2n) is 4.77. The molecule has 0 fully saturated rings. The second-order valence-corrected chi connectivity index (χ2v) is 4.77. The third-order valence-corrected chi connectivity index (χ3v) is 2.46. The highest BCUT2D eigenvalue weighted by Gasteiger charge is 2.17. The van der Waals surface area contributed by atoms with E-state index in [1.165, 1.54) is 6.07 Å². The molecule has 2 nitrogen and oxygen atoms in total. The van der Waals surface area contributed by atoms with Crippen molar-refractivity contribution in [1.29, 1.82) is 0 Å². The van der Waals surface area contributed by atoms with E-state index in [4.69, 9.17) is 4.74 Å². The molecule has 0 aliphatic rings. The summed E-state index contributed by atoms with van der Waals surface area (Å²) in [4.78, 5) is 0. The Morgan fingerprint density at radius 1 is 1.38 bits per heavy atom. The normalized spacial score (nSPS) is 11.8. The maximum atomic E-state index is 13.5. The molecule has 1 rings (SSSR count). The first kappa shape index (κ1) is 13.1. The van der Waals surface area contributed by atoms with Crippen molar-refractivity contribution in [2.75, 3.05) is 13.7 Å². The summed E-state index contributed by atoms with van der Waals surface area (Å²) in [5.41, 5.74) is 1.62. The summed E-state index contributed by atoms with van der Waals surface area (Å²) in [5, 5.41) is 3.28. The van der Waals surface area contributed by atoms with Crippen molar-refractivity contribution in [2.45, 2.75) is 32.9 Å². The van der Waals surface area contributed by atoms with Crippen LogP contribution in [-0.2, 0) is 11.3 Å². The van der Waals surface area contributed by atoms with Crippen LogP contribution < -0.4 is 5.32 Å². The van der Waals surface area contributed by atoms with Crippen molar-refractivity contribution in [1.82, 2.24) is 5.32 Å². The average molecular weight is 225 g/mol. The first-order valence-electron chi connectivity index (χ1n) is 5.43. The topological polar surface area (TPSA) is 21.3 Å². The highest BCUT2D eigenvalue weighted by molar-refractivity contribution is 5.24. The van der Waals surface area contributed by atoms with Gasteiger partial charge in [0, 0.05) is 24.8 Å².